The largest absolute Gasteiger partial charge is 0.254 e. The minimum absolute atomic E-state index is 0.536. The Morgan fingerprint density at radius 1 is 1.29 bits per heavy atom. The van der Waals surface area contributed by atoms with Crippen molar-refractivity contribution in [1.29, 1.82) is 0 Å². The number of rotatable bonds is 1. The molecule has 70 valence electrons. The van der Waals surface area contributed by atoms with E-state index in [9.17, 15) is 0 Å². The van der Waals surface area contributed by atoms with Gasteiger partial charge in [0, 0.05) is 17.6 Å². The van der Waals surface area contributed by atoms with Crippen molar-refractivity contribution in [3.05, 3.63) is 35.5 Å². The Bertz CT molecular complexity index is 436. The number of nitrogens with zero attached hydrogens (tertiary/aromatic N) is 2. The minimum atomic E-state index is 0.536. The molecule has 1 aliphatic heterocycles. The van der Waals surface area contributed by atoms with Crippen molar-refractivity contribution in [2.75, 3.05) is 0 Å². The summed E-state index contributed by atoms with van der Waals surface area (Å²) in [4.78, 5) is 8.21. The molecule has 0 atom stereocenters. The zero-order chi connectivity index (χ0) is 9.97. The molecule has 0 aromatic heterocycles. The van der Waals surface area contributed by atoms with E-state index in [0.717, 1.165) is 11.3 Å². The first-order chi connectivity index (χ1) is 6.77. The molecule has 0 N–H and O–H groups in total. The highest BCUT2D eigenvalue weighted by molar-refractivity contribution is 5.90. The van der Waals surface area contributed by atoms with Gasteiger partial charge in [0.05, 0.1) is 11.9 Å². The summed E-state index contributed by atoms with van der Waals surface area (Å²) < 4.78 is 0. The summed E-state index contributed by atoms with van der Waals surface area (Å²) in [5, 5.41) is 0. The van der Waals surface area contributed by atoms with Crippen LogP contribution in [-0.2, 0) is 0 Å². The van der Waals surface area contributed by atoms with Crippen molar-refractivity contribution < 1.29 is 0 Å². The van der Waals surface area contributed by atoms with Crippen LogP contribution in [0.5, 0.6) is 0 Å². The Labute approximate surface area is 83.7 Å². The Hall–Kier alpha value is -1.66. The molecule has 0 unspecified atom stereocenters. The maximum atomic E-state index is 4.16. The summed E-state index contributed by atoms with van der Waals surface area (Å²) in [7, 11) is 0. The number of fused-ring (bicyclic) bond motifs is 1. The molecule has 0 saturated carbocycles. The minimum Gasteiger partial charge on any atom is -0.254 e. The number of aliphatic imine (C=N–C) groups is 2. The highest BCUT2D eigenvalue weighted by Crippen LogP contribution is 2.23. The molecule has 2 heteroatoms. The second kappa shape index (κ2) is 3.60. The van der Waals surface area contributed by atoms with Crippen molar-refractivity contribution >= 4 is 17.8 Å². The van der Waals surface area contributed by atoms with Gasteiger partial charge in [-0.1, -0.05) is 19.9 Å². The Morgan fingerprint density at radius 3 is 2.93 bits per heavy atom. The topological polar surface area (TPSA) is 24.7 Å². The lowest BCUT2D eigenvalue weighted by atomic mass is 10.0. The molecule has 0 radical (unpaired) electrons. The molecule has 0 spiro atoms. The summed E-state index contributed by atoms with van der Waals surface area (Å²) in [6.07, 6.45) is 3.40. The van der Waals surface area contributed by atoms with Crippen molar-refractivity contribution in [2.24, 2.45) is 9.98 Å². The first-order valence-electron chi connectivity index (χ1n) is 4.72. The second-order valence-corrected chi connectivity index (χ2v) is 3.62. The molecule has 0 saturated heterocycles. The Morgan fingerprint density at radius 2 is 2.14 bits per heavy atom. The molecule has 0 aliphatic carbocycles. The molecular formula is C12H12N2. The van der Waals surface area contributed by atoms with Gasteiger partial charge in [0.1, 0.15) is 0 Å². The lowest BCUT2D eigenvalue weighted by molar-refractivity contribution is 0.866. The van der Waals surface area contributed by atoms with E-state index in [1.54, 1.807) is 6.20 Å². The number of hydrogen-bond donors (Lipinski definition) is 0. The predicted molar refractivity (Wildman–Crippen MR) is 59.8 cm³/mol. The van der Waals surface area contributed by atoms with Crippen LogP contribution in [0.2, 0.25) is 0 Å². The zero-order valence-corrected chi connectivity index (χ0v) is 8.36. The molecule has 1 aromatic carbocycles. The van der Waals surface area contributed by atoms with Gasteiger partial charge in [0.2, 0.25) is 0 Å². The van der Waals surface area contributed by atoms with Crippen molar-refractivity contribution in [1.82, 2.24) is 0 Å². The molecule has 0 fully saturated rings. The van der Waals surface area contributed by atoms with E-state index < -0.39 is 0 Å². The van der Waals surface area contributed by atoms with E-state index in [4.69, 9.17) is 0 Å². The lowest BCUT2D eigenvalue weighted by Gasteiger charge is -2.07. The van der Waals surface area contributed by atoms with Gasteiger partial charge in [-0.2, -0.15) is 0 Å². The van der Waals surface area contributed by atoms with E-state index in [1.807, 2.05) is 12.3 Å². The summed E-state index contributed by atoms with van der Waals surface area (Å²) in [5.41, 5.74) is 3.32. The van der Waals surface area contributed by atoms with Crippen LogP contribution in [0.4, 0.5) is 5.69 Å². The molecular weight excluding hydrogens is 172 g/mol. The van der Waals surface area contributed by atoms with Gasteiger partial charge in [-0.05, 0) is 23.6 Å². The molecule has 2 nitrogen and oxygen atoms in total. The van der Waals surface area contributed by atoms with E-state index >= 15 is 0 Å². The third-order valence-corrected chi connectivity index (χ3v) is 2.25. The molecule has 1 aromatic rings. The van der Waals surface area contributed by atoms with E-state index in [2.05, 4.69) is 41.8 Å². The van der Waals surface area contributed by atoms with Crippen LogP contribution >= 0.6 is 0 Å². The summed E-state index contributed by atoms with van der Waals surface area (Å²) in [6.45, 7) is 4.36. The standard InChI is InChI=1S/C12H12N2/c1-9(2)10-3-4-12-11(7-10)8-13-5-6-14-12/h3-5,7-9H,1-2H3. The highest BCUT2D eigenvalue weighted by Gasteiger charge is 2.04. The summed E-state index contributed by atoms with van der Waals surface area (Å²) in [6, 6.07) is 6.25. The van der Waals surface area contributed by atoms with Crippen LogP contribution < -0.4 is 0 Å². The van der Waals surface area contributed by atoms with Gasteiger partial charge in [-0.3, -0.25) is 4.99 Å². The smallest absolute Gasteiger partial charge is 0.0882 e. The van der Waals surface area contributed by atoms with Crippen LogP contribution in [0.15, 0.2) is 34.4 Å². The summed E-state index contributed by atoms with van der Waals surface area (Å²) in [5.74, 6) is 3.29. The third-order valence-electron chi connectivity index (χ3n) is 2.25. The molecule has 1 aliphatic rings. The third kappa shape index (κ3) is 1.66. The van der Waals surface area contributed by atoms with Crippen LogP contribution in [-0.4, -0.2) is 12.1 Å². The number of benzene rings is 1. The normalized spacial score (nSPS) is 13.1. The average molecular weight is 184 g/mol. The van der Waals surface area contributed by atoms with Crippen LogP contribution in [0.3, 0.4) is 0 Å². The lowest BCUT2D eigenvalue weighted by Crippen LogP contribution is -1.90. The van der Waals surface area contributed by atoms with E-state index in [-0.39, 0.29) is 0 Å². The fourth-order valence-electron chi connectivity index (χ4n) is 1.39. The maximum Gasteiger partial charge on any atom is 0.0882 e. The second-order valence-electron chi connectivity index (χ2n) is 3.62. The predicted octanol–water partition coefficient (Wildman–Crippen LogP) is 3.06. The van der Waals surface area contributed by atoms with Crippen LogP contribution in [0, 0.1) is 0 Å². The van der Waals surface area contributed by atoms with E-state index in [0.29, 0.717) is 5.92 Å². The molecule has 1 heterocycles. The SMILES string of the molecule is CC(C)c1ccc2c(c1)C=NC=C=N2. The Kier molecular flexibility index (Phi) is 2.30. The quantitative estimate of drug-likeness (QED) is 0.640. The first kappa shape index (κ1) is 8.92. The number of hydrogen-bond acceptors (Lipinski definition) is 2. The zero-order valence-electron chi connectivity index (χ0n) is 8.36. The van der Waals surface area contributed by atoms with Gasteiger partial charge in [-0.15, -0.1) is 0 Å². The Balaban J connectivity index is 2.52. The van der Waals surface area contributed by atoms with Crippen molar-refractivity contribution in [2.45, 2.75) is 19.8 Å². The van der Waals surface area contributed by atoms with Crippen LogP contribution in [0.25, 0.3) is 0 Å². The van der Waals surface area contributed by atoms with Gasteiger partial charge in [-0.25, -0.2) is 4.99 Å². The average Bonchev–Trinajstić information content (AvgIpc) is 2.41. The van der Waals surface area contributed by atoms with Gasteiger partial charge in [0.15, 0.2) is 0 Å². The maximum absolute atomic E-state index is 4.16. The van der Waals surface area contributed by atoms with Crippen LogP contribution in [0.1, 0.15) is 30.9 Å². The van der Waals surface area contributed by atoms with Crippen molar-refractivity contribution in [3.8, 4) is 0 Å². The molecule has 14 heavy (non-hydrogen) atoms. The van der Waals surface area contributed by atoms with Gasteiger partial charge < -0.3 is 0 Å². The van der Waals surface area contributed by atoms with Gasteiger partial charge >= 0.3 is 0 Å². The first-order valence-corrected chi connectivity index (χ1v) is 4.72. The highest BCUT2D eigenvalue weighted by atomic mass is 14.8. The van der Waals surface area contributed by atoms with Gasteiger partial charge in [0.25, 0.3) is 0 Å². The monoisotopic (exact) mass is 184 g/mol. The fourth-order valence-corrected chi connectivity index (χ4v) is 1.39. The molecule has 2 rings (SSSR count). The van der Waals surface area contributed by atoms with E-state index in [1.165, 1.54) is 5.56 Å². The molecule has 0 bridgehead atoms. The fraction of sp³-hybridized carbons (Fsp3) is 0.250. The summed E-state index contributed by atoms with van der Waals surface area (Å²) >= 11 is 0. The molecule has 0 amide bonds. The van der Waals surface area contributed by atoms with Crippen molar-refractivity contribution in [3.63, 3.8) is 0 Å².